The number of sulfonamides is 1. The van der Waals surface area contributed by atoms with Gasteiger partial charge >= 0.3 is 0 Å². The SMILES string of the molecule is CCN(CCNS(C)(=O)=O)c1ccc(N=C2C=C(NC(=O)C(C)Oc3ccc(C)cc3Cl)C(=O)C3=C2NC(=O)CC3(C)C)c(C)c1. The van der Waals surface area contributed by atoms with Gasteiger partial charge in [-0.2, -0.15) is 0 Å². The van der Waals surface area contributed by atoms with E-state index in [1.165, 1.54) is 6.08 Å². The van der Waals surface area contributed by atoms with Gasteiger partial charge < -0.3 is 20.3 Å². The molecule has 2 aromatic rings. The molecule has 0 spiro atoms. The Bertz CT molecular complexity index is 1780. The van der Waals surface area contributed by atoms with Crippen LogP contribution in [0.4, 0.5) is 11.4 Å². The van der Waals surface area contributed by atoms with E-state index >= 15 is 0 Å². The summed E-state index contributed by atoms with van der Waals surface area (Å²) < 4.78 is 31.3. The molecule has 0 fully saturated rings. The number of likely N-dealkylation sites (N-methyl/N-ethyl adjacent to an activating group) is 1. The Hall–Kier alpha value is -4.00. The normalized spacial score (nSPS) is 17.7. The first-order valence-electron chi connectivity index (χ1n) is 14.9. The van der Waals surface area contributed by atoms with E-state index in [-0.39, 0.29) is 24.6 Å². The third kappa shape index (κ3) is 8.23. The highest BCUT2D eigenvalue weighted by Gasteiger charge is 2.43. The number of amides is 2. The van der Waals surface area contributed by atoms with Crippen LogP contribution in [0, 0.1) is 19.3 Å². The molecule has 3 N–H and O–H groups in total. The number of Topliss-reactive ketones (excluding diaryl/α,β-unsaturated/α-hetero) is 1. The third-order valence-electron chi connectivity index (χ3n) is 7.73. The van der Waals surface area contributed by atoms with E-state index in [2.05, 4.69) is 15.4 Å². The molecule has 0 saturated carbocycles. The van der Waals surface area contributed by atoms with Gasteiger partial charge in [0, 0.05) is 42.7 Å². The zero-order valence-corrected chi connectivity index (χ0v) is 28.6. The van der Waals surface area contributed by atoms with Crippen molar-refractivity contribution in [2.24, 2.45) is 10.4 Å². The summed E-state index contributed by atoms with van der Waals surface area (Å²) in [6, 6.07) is 10.9. The first-order valence-corrected chi connectivity index (χ1v) is 17.2. The predicted molar refractivity (Wildman–Crippen MR) is 180 cm³/mol. The summed E-state index contributed by atoms with van der Waals surface area (Å²) in [7, 11) is -3.30. The summed E-state index contributed by atoms with van der Waals surface area (Å²) in [5.74, 6) is -0.867. The lowest BCUT2D eigenvalue weighted by Crippen LogP contribution is -2.47. The van der Waals surface area contributed by atoms with Gasteiger partial charge in [0.15, 0.2) is 6.10 Å². The lowest BCUT2D eigenvalue weighted by atomic mass is 9.72. The molecule has 11 nitrogen and oxygen atoms in total. The lowest BCUT2D eigenvalue weighted by Gasteiger charge is -2.36. The molecule has 0 radical (unpaired) electrons. The van der Waals surface area contributed by atoms with Crippen LogP contribution in [0.1, 0.15) is 45.2 Å². The molecule has 0 saturated heterocycles. The zero-order valence-electron chi connectivity index (χ0n) is 27.1. The summed E-state index contributed by atoms with van der Waals surface area (Å²) >= 11 is 6.29. The van der Waals surface area contributed by atoms with Crippen molar-refractivity contribution >= 4 is 56.3 Å². The van der Waals surface area contributed by atoms with E-state index in [9.17, 15) is 22.8 Å². The Morgan fingerprint density at radius 2 is 1.89 bits per heavy atom. The topological polar surface area (TPSA) is 146 Å². The molecule has 0 bridgehead atoms. The lowest BCUT2D eigenvalue weighted by molar-refractivity contribution is -0.128. The molecule has 2 aromatic carbocycles. The van der Waals surface area contributed by atoms with Crippen molar-refractivity contribution in [2.45, 2.75) is 54.1 Å². The van der Waals surface area contributed by atoms with E-state index in [1.54, 1.807) is 19.1 Å². The van der Waals surface area contributed by atoms with Crippen LogP contribution >= 0.6 is 11.6 Å². The highest BCUT2D eigenvalue weighted by molar-refractivity contribution is 7.88. The van der Waals surface area contributed by atoms with Gasteiger partial charge in [0.2, 0.25) is 21.7 Å². The highest BCUT2D eigenvalue weighted by atomic mass is 35.5. The zero-order chi connectivity index (χ0) is 34.0. The molecule has 2 amide bonds. The number of allylic oxidation sites excluding steroid dienone is 2. The van der Waals surface area contributed by atoms with E-state index in [1.807, 2.05) is 63.8 Å². The monoisotopic (exact) mass is 669 g/mol. The molecule has 46 heavy (non-hydrogen) atoms. The average Bonchev–Trinajstić information content (AvgIpc) is 2.94. The number of benzene rings is 2. The molecule has 1 atom stereocenters. The molecule has 246 valence electrons. The van der Waals surface area contributed by atoms with Crippen LogP contribution in [0.3, 0.4) is 0 Å². The molecule has 0 aromatic heterocycles. The number of halogens is 1. The number of hydrogen-bond acceptors (Lipinski definition) is 8. The van der Waals surface area contributed by atoms with Crippen molar-refractivity contribution in [3.63, 3.8) is 0 Å². The maximum absolute atomic E-state index is 13.8. The first-order chi connectivity index (χ1) is 21.5. The van der Waals surface area contributed by atoms with Crippen molar-refractivity contribution in [1.82, 2.24) is 15.4 Å². The van der Waals surface area contributed by atoms with Crippen molar-refractivity contribution in [1.29, 1.82) is 0 Å². The van der Waals surface area contributed by atoms with Gasteiger partial charge in [-0.25, -0.2) is 18.1 Å². The molecule has 1 aliphatic carbocycles. The molecule has 4 rings (SSSR count). The number of carbonyl (C=O) groups excluding carboxylic acids is 3. The minimum atomic E-state index is -3.30. The van der Waals surface area contributed by atoms with Gasteiger partial charge in [-0.05, 0) is 75.2 Å². The number of rotatable bonds is 11. The fraction of sp³-hybridized carbons (Fsp3) is 0.394. The van der Waals surface area contributed by atoms with Gasteiger partial charge in [0.1, 0.15) is 5.75 Å². The van der Waals surface area contributed by atoms with Crippen LogP contribution in [-0.2, 0) is 24.4 Å². The van der Waals surface area contributed by atoms with E-state index in [0.29, 0.717) is 46.5 Å². The molecule has 1 unspecified atom stereocenters. The summed E-state index contributed by atoms with van der Waals surface area (Å²) in [5, 5.41) is 5.92. The number of ketones is 1. The number of aliphatic imine (C=N–C) groups is 1. The van der Waals surface area contributed by atoms with Crippen LogP contribution in [-0.4, -0.2) is 63.7 Å². The fourth-order valence-corrected chi connectivity index (χ4v) is 6.13. The van der Waals surface area contributed by atoms with Crippen LogP contribution < -0.4 is 25.0 Å². The number of aryl methyl sites for hydroxylation is 2. The second-order valence-electron chi connectivity index (χ2n) is 12.1. The van der Waals surface area contributed by atoms with E-state index < -0.39 is 33.2 Å². The molecular formula is C33H40ClN5O6S. The van der Waals surface area contributed by atoms with E-state index in [4.69, 9.17) is 21.3 Å². The number of carbonyl (C=O) groups is 3. The Morgan fingerprint density at radius 3 is 2.52 bits per heavy atom. The summed E-state index contributed by atoms with van der Waals surface area (Å²) in [6.45, 7) is 12.3. The van der Waals surface area contributed by atoms with E-state index in [0.717, 1.165) is 23.1 Å². The average molecular weight is 670 g/mol. The number of hydrogen-bond donors (Lipinski definition) is 3. The maximum atomic E-state index is 13.8. The van der Waals surface area contributed by atoms with Gasteiger partial charge in [-0.1, -0.05) is 31.5 Å². The van der Waals surface area contributed by atoms with Crippen molar-refractivity contribution < 1.29 is 27.5 Å². The Labute approximate surface area is 275 Å². The van der Waals surface area contributed by atoms with Crippen LogP contribution in [0.25, 0.3) is 0 Å². The maximum Gasteiger partial charge on any atom is 0.265 e. The standard InChI is InChI=1S/C33H40ClN5O6S/c1-8-39(14-13-35-46(7,43)44)22-10-11-24(20(3)16-22)36-25-17-26(31(41)29-30(25)38-28(40)18-33(29,5)6)37-32(42)21(4)45-27-12-9-19(2)15-23(27)34/h9-12,15-17,21,35H,8,13-14,18H2,1-7H3,(H,37,42)(H,38,40). The van der Waals surface area contributed by atoms with Crippen LogP contribution in [0.2, 0.25) is 5.02 Å². The first kappa shape index (κ1) is 34.9. The smallest absolute Gasteiger partial charge is 0.265 e. The summed E-state index contributed by atoms with van der Waals surface area (Å²) in [6.07, 6.45) is 1.70. The summed E-state index contributed by atoms with van der Waals surface area (Å²) in [5.41, 5.74) is 3.41. The Kier molecular flexibility index (Phi) is 10.4. The highest BCUT2D eigenvalue weighted by Crippen LogP contribution is 2.40. The number of nitrogens with one attached hydrogen (secondary N) is 3. The van der Waals surface area contributed by atoms with Gasteiger partial charge in [-0.3, -0.25) is 14.4 Å². The van der Waals surface area contributed by atoms with Crippen molar-refractivity contribution in [3.8, 4) is 5.75 Å². The Balaban J connectivity index is 1.66. The van der Waals surface area contributed by atoms with Gasteiger partial charge in [0.25, 0.3) is 5.91 Å². The number of ether oxygens (including phenoxy) is 1. The Morgan fingerprint density at radius 1 is 1.17 bits per heavy atom. The van der Waals surface area contributed by atoms with Gasteiger partial charge in [-0.15, -0.1) is 0 Å². The predicted octanol–water partition coefficient (Wildman–Crippen LogP) is 4.26. The summed E-state index contributed by atoms with van der Waals surface area (Å²) in [4.78, 5) is 46.6. The molecule has 1 heterocycles. The van der Waals surface area contributed by atoms with Gasteiger partial charge in [0.05, 0.1) is 34.1 Å². The molecule has 2 aliphatic rings. The van der Waals surface area contributed by atoms with Crippen LogP contribution in [0.5, 0.6) is 5.75 Å². The van der Waals surface area contributed by atoms with Crippen LogP contribution in [0.15, 0.2) is 64.4 Å². The number of nitrogens with zero attached hydrogens (tertiary/aromatic N) is 2. The minimum Gasteiger partial charge on any atom is -0.479 e. The molecule has 13 heteroatoms. The quantitative estimate of drug-likeness (QED) is 0.303. The fourth-order valence-electron chi connectivity index (χ4n) is 5.38. The minimum absolute atomic E-state index is 0.0157. The molecular weight excluding hydrogens is 630 g/mol. The van der Waals surface area contributed by atoms with Crippen molar-refractivity contribution in [3.05, 3.63) is 75.6 Å². The molecule has 1 aliphatic heterocycles. The second-order valence-corrected chi connectivity index (χ2v) is 14.4. The number of anilines is 1. The van der Waals surface area contributed by atoms with Crippen molar-refractivity contribution in [2.75, 3.05) is 30.8 Å². The largest absolute Gasteiger partial charge is 0.479 e. The second kappa shape index (κ2) is 13.8. The third-order valence-corrected chi connectivity index (χ3v) is 8.76.